The van der Waals surface area contributed by atoms with Crippen LogP contribution in [-0.4, -0.2) is 28.8 Å². The number of nitrogens with one attached hydrogen (secondary N) is 1. The van der Waals surface area contributed by atoms with Crippen molar-refractivity contribution in [2.24, 2.45) is 0 Å². The maximum absolute atomic E-state index is 12.7. The number of rotatable bonds is 9. The predicted octanol–water partition coefficient (Wildman–Crippen LogP) is 3.50. The lowest BCUT2D eigenvalue weighted by Gasteiger charge is -2.17. The topological polar surface area (TPSA) is 74.5 Å². The molecule has 0 aliphatic heterocycles. The van der Waals surface area contributed by atoms with Crippen molar-refractivity contribution in [3.63, 3.8) is 0 Å². The first kappa shape index (κ1) is 21.5. The van der Waals surface area contributed by atoms with E-state index in [1.165, 1.54) is 4.57 Å². The molecule has 0 bridgehead atoms. The number of amides is 1. The summed E-state index contributed by atoms with van der Waals surface area (Å²) in [6.45, 7) is 6.99. The van der Waals surface area contributed by atoms with E-state index >= 15 is 0 Å². The Morgan fingerprint density at radius 1 is 1.07 bits per heavy atom. The Hall–Kier alpha value is -3.22. The van der Waals surface area contributed by atoms with Gasteiger partial charge in [-0.25, -0.2) is 4.79 Å². The molecule has 0 saturated carbocycles. The Labute approximate surface area is 176 Å². The normalized spacial score (nSPS) is 12.0. The van der Waals surface area contributed by atoms with E-state index in [-0.39, 0.29) is 24.2 Å². The average Bonchev–Trinajstić information content (AvgIpc) is 3.02. The molecular weight excluding hydrogens is 382 g/mol. The summed E-state index contributed by atoms with van der Waals surface area (Å²) in [5, 5.41) is 2.97. The minimum atomic E-state index is -0.248. The van der Waals surface area contributed by atoms with Gasteiger partial charge in [0.15, 0.2) is 11.5 Å². The number of ether oxygens (including phenoxy) is 2. The van der Waals surface area contributed by atoms with Crippen LogP contribution in [0.5, 0.6) is 11.5 Å². The average molecular weight is 412 g/mol. The third kappa shape index (κ3) is 4.35. The molecule has 1 aromatic heterocycles. The number of benzene rings is 2. The molecule has 1 atom stereocenters. The summed E-state index contributed by atoms with van der Waals surface area (Å²) in [4.78, 5) is 25.4. The van der Waals surface area contributed by atoms with E-state index in [2.05, 4.69) is 5.32 Å². The van der Waals surface area contributed by atoms with Crippen LogP contribution in [0.2, 0.25) is 0 Å². The molecule has 1 amide bonds. The molecular formula is C23H29N3O4. The highest BCUT2D eigenvalue weighted by Gasteiger charge is 2.17. The van der Waals surface area contributed by atoms with Gasteiger partial charge in [0.05, 0.1) is 30.8 Å². The molecule has 0 saturated heterocycles. The van der Waals surface area contributed by atoms with E-state index < -0.39 is 0 Å². The van der Waals surface area contributed by atoms with Crippen LogP contribution in [0.4, 0.5) is 0 Å². The number of hydrogen-bond donors (Lipinski definition) is 1. The Morgan fingerprint density at radius 3 is 2.40 bits per heavy atom. The molecule has 1 unspecified atom stereocenters. The van der Waals surface area contributed by atoms with Crippen LogP contribution in [0, 0.1) is 0 Å². The lowest BCUT2D eigenvalue weighted by molar-refractivity contribution is -0.122. The summed E-state index contributed by atoms with van der Waals surface area (Å²) in [6, 6.07) is 12.9. The zero-order valence-corrected chi connectivity index (χ0v) is 18.0. The first-order chi connectivity index (χ1) is 14.5. The Bertz CT molecular complexity index is 1080. The van der Waals surface area contributed by atoms with Crippen molar-refractivity contribution in [3.05, 3.63) is 58.5 Å². The van der Waals surface area contributed by atoms with Gasteiger partial charge in [0.1, 0.15) is 6.54 Å². The summed E-state index contributed by atoms with van der Waals surface area (Å²) >= 11 is 0. The molecule has 30 heavy (non-hydrogen) atoms. The van der Waals surface area contributed by atoms with E-state index in [1.807, 2.05) is 63.2 Å². The van der Waals surface area contributed by atoms with E-state index in [9.17, 15) is 9.59 Å². The largest absolute Gasteiger partial charge is 0.493 e. The number of para-hydroxylation sites is 2. The molecule has 160 valence electrons. The number of imidazole rings is 1. The second-order valence-electron chi connectivity index (χ2n) is 7.15. The number of aryl methyl sites for hydroxylation is 1. The molecule has 7 nitrogen and oxygen atoms in total. The summed E-state index contributed by atoms with van der Waals surface area (Å²) in [5.41, 5.74) is 2.30. The van der Waals surface area contributed by atoms with Crippen molar-refractivity contribution in [2.45, 2.75) is 46.3 Å². The van der Waals surface area contributed by atoms with Crippen molar-refractivity contribution in [2.75, 3.05) is 13.7 Å². The van der Waals surface area contributed by atoms with Crippen LogP contribution in [0.3, 0.4) is 0 Å². The fourth-order valence-electron chi connectivity index (χ4n) is 3.53. The van der Waals surface area contributed by atoms with Crippen LogP contribution in [0.25, 0.3) is 11.0 Å². The zero-order chi connectivity index (χ0) is 21.7. The minimum absolute atomic E-state index is 0.0362. The zero-order valence-electron chi connectivity index (χ0n) is 18.0. The number of carbonyl (C=O) groups excluding carboxylic acids is 1. The van der Waals surface area contributed by atoms with Crippen molar-refractivity contribution in [1.29, 1.82) is 0 Å². The third-order valence-electron chi connectivity index (χ3n) is 5.07. The lowest BCUT2D eigenvalue weighted by Crippen LogP contribution is -2.34. The number of hydrogen-bond acceptors (Lipinski definition) is 4. The molecule has 1 N–H and O–H groups in total. The van der Waals surface area contributed by atoms with Crippen LogP contribution < -0.4 is 20.5 Å². The standard InChI is InChI=1S/C23H29N3O4/c1-5-13-30-20-12-11-17(14-21(20)29-4)16(3)24-22(27)15-26-19-10-8-7-9-18(19)25(6-2)23(26)28/h7-12,14,16H,5-6,13,15H2,1-4H3,(H,24,27). The van der Waals surface area contributed by atoms with Gasteiger partial charge in [-0.2, -0.15) is 0 Å². The SMILES string of the molecule is CCCOc1ccc(C(C)NC(=O)Cn2c(=O)n(CC)c3ccccc32)cc1OC. The van der Waals surface area contributed by atoms with Crippen LogP contribution in [0.1, 0.15) is 38.8 Å². The molecule has 7 heteroatoms. The third-order valence-corrected chi connectivity index (χ3v) is 5.07. The fraction of sp³-hybridized carbons (Fsp3) is 0.391. The molecule has 3 rings (SSSR count). The van der Waals surface area contributed by atoms with Crippen LogP contribution in [0.15, 0.2) is 47.3 Å². The molecule has 0 spiro atoms. The number of methoxy groups -OCH3 is 1. The predicted molar refractivity (Wildman–Crippen MR) is 117 cm³/mol. The number of nitrogens with zero attached hydrogens (tertiary/aromatic N) is 2. The quantitative estimate of drug-likeness (QED) is 0.585. The molecule has 0 aliphatic rings. The molecule has 0 fully saturated rings. The summed E-state index contributed by atoms with van der Waals surface area (Å²) < 4.78 is 14.3. The van der Waals surface area contributed by atoms with Gasteiger partial charge in [0, 0.05) is 6.54 Å². The van der Waals surface area contributed by atoms with Gasteiger partial charge >= 0.3 is 5.69 Å². The maximum Gasteiger partial charge on any atom is 0.329 e. The van der Waals surface area contributed by atoms with Gasteiger partial charge in [-0.1, -0.05) is 25.1 Å². The first-order valence-electron chi connectivity index (χ1n) is 10.3. The Morgan fingerprint density at radius 2 is 1.77 bits per heavy atom. The summed E-state index contributed by atoms with van der Waals surface area (Å²) in [7, 11) is 1.59. The fourth-order valence-corrected chi connectivity index (χ4v) is 3.53. The Balaban J connectivity index is 1.76. The van der Waals surface area contributed by atoms with Gasteiger partial charge in [0.25, 0.3) is 0 Å². The van der Waals surface area contributed by atoms with Gasteiger partial charge in [0.2, 0.25) is 5.91 Å². The highest BCUT2D eigenvalue weighted by atomic mass is 16.5. The summed E-state index contributed by atoms with van der Waals surface area (Å²) in [6.07, 6.45) is 0.908. The van der Waals surface area contributed by atoms with Gasteiger partial charge in [-0.05, 0) is 50.1 Å². The smallest absolute Gasteiger partial charge is 0.329 e. The van der Waals surface area contributed by atoms with E-state index in [4.69, 9.17) is 9.47 Å². The number of fused-ring (bicyclic) bond motifs is 1. The monoisotopic (exact) mass is 411 g/mol. The van der Waals surface area contributed by atoms with Crippen LogP contribution in [-0.2, 0) is 17.9 Å². The van der Waals surface area contributed by atoms with Gasteiger partial charge < -0.3 is 14.8 Å². The second kappa shape index (κ2) is 9.52. The molecule has 2 aromatic carbocycles. The Kier molecular flexibility index (Phi) is 6.82. The van der Waals surface area contributed by atoms with Gasteiger partial charge in [-0.15, -0.1) is 0 Å². The second-order valence-corrected chi connectivity index (χ2v) is 7.15. The summed E-state index contributed by atoms with van der Waals surface area (Å²) in [5.74, 6) is 1.08. The van der Waals surface area contributed by atoms with Crippen LogP contribution >= 0.6 is 0 Å². The number of aromatic nitrogens is 2. The molecule has 3 aromatic rings. The van der Waals surface area contributed by atoms with E-state index in [0.717, 1.165) is 23.0 Å². The molecule has 1 heterocycles. The maximum atomic E-state index is 12.7. The van der Waals surface area contributed by atoms with Crippen molar-refractivity contribution in [1.82, 2.24) is 14.5 Å². The van der Waals surface area contributed by atoms with Gasteiger partial charge in [-0.3, -0.25) is 13.9 Å². The van der Waals surface area contributed by atoms with Crippen molar-refractivity contribution in [3.8, 4) is 11.5 Å². The van der Waals surface area contributed by atoms with Crippen molar-refractivity contribution >= 4 is 16.9 Å². The first-order valence-corrected chi connectivity index (χ1v) is 10.3. The molecule has 0 radical (unpaired) electrons. The van der Waals surface area contributed by atoms with Crippen molar-refractivity contribution < 1.29 is 14.3 Å². The van der Waals surface area contributed by atoms with E-state index in [1.54, 1.807) is 11.7 Å². The number of carbonyl (C=O) groups is 1. The van der Waals surface area contributed by atoms with E-state index in [0.29, 0.717) is 24.7 Å². The lowest BCUT2D eigenvalue weighted by atomic mass is 10.1. The minimum Gasteiger partial charge on any atom is -0.493 e. The highest BCUT2D eigenvalue weighted by molar-refractivity contribution is 5.81. The molecule has 0 aliphatic carbocycles. The highest BCUT2D eigenvalue weighted by Crippen LogP contribution is 2.30.